The second kappa shape index (κ2) is 12.4. The van der Waals surface area contributed by atoms with Gasteiger partial charge in [-0.1, -0.05) is 0 Å². The zero-order valence-electron chi connectivity index (χ0n) is 5.91. The molecule has 14 heteroatoms. The molecule has 0 aromatic heterocycles. The summed E-state index contributed by atoms with van der Waals surface area (Å²) in [6.07, 6.45) is 0. The van der Waals surface area contributed by atoms with E-state index in [9.17, 15) is 9.13 Å². The molecule has 11 nitrogen and oxygen atoms in total. The molecule has 0 aromatic rings. The second-order valence-corrected chi connectivity index (χ2v) is 3.68. The summed E-state index contributed by atoms with van der Waals surface area (Å²) in [7, 11) is -10.1. The SMILES string of the molecule is O.O.O.O.O=P(O)(O)OP(=O)(O)O.[CaH2]. The fourth-order valence-corrected chi connectivity index (χ4v) is 1.25. The van der Waals surface area contributed by atoms with Crippen LogP contribution in [-0.4, -0.2) is 79.2 Å². The van der Waals surface area contributed by atoms with Crippen LogP contribution in [0.4, 0.5) is 0 Å². The van der Waals surface area contributed by atoms with Crippen molar-refractivity contribution in [1.29, 1.82) is 0 Å². The van der Waals surface area contributed by atoms with E-state index in [1.54, 1.807) is 0 Å². The molecule has 0 aliphatic heterocycles. The molecule has 14 heavy (non-hydrogen) atoms. The summed E-state index contributed by atoms with van der Waals surface area (Å²) in [6, 6.07) is 0. The van der Waals surface area contributed by atoms with E-state index in [0.29, 0.717) is 0 Å². The predicted molar refractivity (Wildman–Crippen MR) is 48.2 cm³/mol. The van der Waals surface area contributed by atoms with Crippen LogP contribution in [-0.2, 0) is 13.4 Å². The molecule has 0 amide bonds. The van der Waals surface area contributed by atoms with Crippen molar-refractivity contribution in [3.8, 4) is 0 Å². The third-order valence-corrected chi connectivity index (χ3v) is 1.91. The molecule has 0 atom stereocenters. The van der Waals surface area contributed by atoms with E-state index in [4.69, 9.17) is 19.6 Å². The molecule has 92 valence electrons. The number of phosphoric acid groups is 2. The van der Waals surface area contributed by atoms with Crippen LogP contribution in [0.15, 0.2) is 0 Å². The van der Waals surface area contributed by atoms with Crippen LogP contribution in [0.2, 0.25) is 0 Å². The van der Waals surface area contributed by atoms with Gasteiger partial charge in [0.15, 0.2) is 0 Å². The average molecular weight is 292 g/mol. The van der Waals surface area contributed by atoms with Gasteiger partial charge in [0.05, 0.1) is 0 Å². The molecule has 0 radical (unpaired) electrons. The third kappa shape index (κ3) is 37.7. The summed E-state index contributed by atoms with van der Waals surface area (Å²) >= 11 is 0. The van der Waals surface area contributed by atoms with Gasteiger partial charge >= 0.3 is 53.4 Å². The fourth-order valence-electron chi connectivity index (χ4n) is 0.139. The Morgan fingerprint density at radius 1 is 0.714 bits per heavy atom. The van der Waals surface area contributed by atoms with E-state index in [0.717, 1.165) is 0 Å². The predicted octanol–water partition coefficient (Wildman–Crippen LogP) is -5.03. The van der Waals surface area contributed by atoms with Crippen LogP contribution in [0.3, 0.4) is 0 Å². The first-order valence-corrected chi connectivity index (χ1v) is 4.59. The molecule has 0 bridgehead atoms. The standard InChI is InChI=1S/Ca.H4O7P2.4H2O.2H/c;1-8(2,3)7-9(4,5)6;;;;;;/h;(H2,1,2,3)(H2,4,5,6);4*1H2;;. The number of hydrogen-bond acceptors (Lipinski definition) is 3. The Morgan fingerprint density at radius 3 is 0.857 bits per heavy atom. The van der Waals surface area contributed by atoms with Gasteiger partial charge in [-0.15, -0.1) is 0 Å². The maximum absolute atomic E-state index is 9.63. The summed E-state index contributed by atoms with van der Waals surface area (Å²) in [4.78, 5) is 31.0. The van der Waals surface area contributed by atoms with E-state index in [1.807, 2.05) is 0 Å². The molecule has 0 saturated carbocycles. The van der Waals surface area contributed by atoms with Gasteiger partial charge < -0.3 is 41.5 Å². The minimum absolute atomic E-state index is 0. The van der Waals surface area contributed by atoms with Gasteiger partial charge in [0, 0.05) is 0 Å². The molecular weight excluding hydrogens is 278 g/mol. The monoisotopic (exact) mass is 292 g/mol. The Hall–Kier alpha value is 1.36. The Kier molecular flexibility index (Phi) is 32.1. The molecular formula is H14CaO11P2. The van der Waals surface area contributed by atoms with Gasteiger partial charge in [-0.2, -0.15) is 4.31 Å². The van der Waals surface area contributed by atoms with Gasteiger partial charge in [0.2, 0.25) is 0 Å². The van der Waals surface area contributed by atoms with Crippen molar-refractivity contribution < 1.29 is 54.9 Å². The molecule has 12 N–H and O–H groups in total. The van der Waals surface area contributed by atoms with Crippen molar-refractivity contribution in [1.82, 2.24) is 0 Å². The van der Waals surface area contributed by atoms with Crippen LogP contribution in [0, 0.1) is 0 Å². The van der Waals surface area contributed by atoms with Crippen molar-refractivity contribution in [3.05, 3.63) is 0 Å². The third-order valence-electron chi connectivity index (χ3n) is 0.213. The van der Waals surface area contributed by atoms with E-state index in [-0.39, 0.29) is 59.6 Å². The van der Waals surface area contributed by atoms with Crippen LogP contribution in [0.25, 0.3) is 0 Å². The summed E-state index contributed by atoms with van der Waals surface area (Å²) < 4.78 is 22.2. The van der Waals surface area contributed by atoms with Gasteiger partial charge in [-0.25, -0.2) is 9.13 Å². The molecule has 0 aromatic carbocycles. The minimum atomic E-state index is -5.05. The summed E-state index contributed by atoms with van der Waals surface area (Å²) in [5, 5.41) is 0. The molecule has 0 heterocycles. The summed E-state index contributed by atoms with van der Waals surface area (Å²) in [5.74, 6) is 0. The zero-order valence-corrected chi connectivity index (χ0v) is 7.70. The van der Waals surface area contributed by atoms with Crippen molar-refractivity contribution in [2.24, 2.45) is 0 Å². The van der Waals surface area contributed by atoms with E-state index >= 15 is 0 Å². The van der Waals surface area contributed by atoms with E-state index < -0.39 is 15.6 Å². The molecule has 0 spiro atoms. The Balaban J connectivity index is -0.0000000320. The quantitative estimate of drug-likeness (QED) is 0.284. The maximum atomic E-state index is 9.63. The van der Waals surface area contributed by atoms with Crippen molar-refractivity contribution in [2.75, 3.05) is 0 Å². The molecule has 0 unspecified atom stereocenters. The van der Waals surface area contributed by atoms with Gasteiger partial charge in [-0.05, 0) is 0 Å². The van der Waals surface area contributed by atoms with Crippen LogP contribution in [0.1, 0.15) is 0 Å². The molecule has 0 fully saturated rings. The van der Waals surface area contributed by atoms with Gasteiger partial charge in [-0.3, -0.25) is 0 Å². The normalized spacial score (nSPS) is 8.86. The number of hydrogen-bond donors (Lipinski definition) is 4. The number of rotatable bonds is 2. The molecule has 0 rings (SSSR count). The van der Waals surface area contributed by atoms with E-state index in [2.05, 4.69) is 4.31 Å². The second-order valence-electron chi connectivity index (χ2n) is 1.06. The van der Waals surface area contributed by atoms with Crippen molar-refractivity contribution in [2.45, 2.75) is 0 Å². The van der Waals surface area contributed by atoms with Gasteiger partial charge in [0.1, 0.15) is 0 Å². The van der Waals surface area contributed by atoms with Crippen LogP contribution >= 0.6 is 15.6 Å². The Labute approximate surface area is 108 Å². The first-order valence-electron chi connectivity index (χ1n) is 1.53. The fraction of sp³-hybridized carbons (Fsp3) is 0. The molecule has 0 aliphatic rings. The summed E-state index contributed by atoms with van der Waals surface area (Å²) in [5.41, 5.74) is 0. The van der Waals surface area contributed by atoms with Crippen LogP contribution in [0.5, 0.6) is 0 Å². The molecule has 0 saturated heterocycles. The Morgan fingerprint density at radius 2 is 0.857 bits per heavy atom. The average Bonchev–Trinajstić information content (AvgIpc) is 1.14. The molecule has 0 aliphatic carbocycles. The van der Waals surface area contributed by atoms with Crippen LogP contribution < -0.4 is 0 Å². The van der Waals surface area contributed by atoms with Gasteiger partial charge in [0.25, 0.3) is 0 Å². The summed E-state index contributed by atoms with van der Waals surface area (Å²) in [6.45, 7) is 0. The topological polar surface area (TPSA) is 250 Å². The van der Waals surface area contributed by atoms with Crippen molar-refractivity contribution >= 4 is 53.4 Å². The zero-order chi connectivity index (χ0) is 7.71. The van der Waals surface area contributed by atoms with Crippen molar-refractivity contribution in [3.63, 3.8) is 0 Å². The Bertz CT molecular complexity index is 154. The van der Waals surface area contributed by atoms with E-state index in [1.165, 1.54) is 0 Å². The first-order chi connectivity index (χ1) is 3.71. The first kappa shape index (κ1) is 36.2.